The molecule has 1 rings (SSSR count). The van der Waals surface area contributed by atoms with Crippen molar-refractivity contribution in [2.24, 2.45) is 5.73 Å². The quantitative estimate of drug-likeness (QED) is 0.844. The molecule has 0 heterocycles. The van der Waals surface area contributed by atoms with Gasteiger partial charge in [-0.15, -0.1) is 0 Å². The normalized spacial score (nSPS) is 14.0. The Morgan fingerprint density at radius 1 is 1.53 bits per heavy atom. The van der Waals surface area contributed by atoms with Crippen LogP contribution >= 0.6 is 11.6 Å². The van der Waals surface area contributed by atoms with Gasteiger partial charge in [-0.3, -0.25) is 0 Å². The topological polar surface area (TPSA) is 46.2 Å². The number of halogens is 3. The molecule has 5 heteroatoms. The molecule has 1 aromatic carbocycles. The van der Waals surface area contributed by atoms with Crippen molar-refractivity contribution in [1.82, 2.24) is 0 Å². The van der Waals surface area contributed by atoms with E-state index in [-0.39, 0.29) is 5.56 Å². The SMILES string of the molecule is Cc1ccc([C@H](N)C(F)(F)CO)cc1Cl. The van der Waals surface area contributed by atoms with E-state index in [9.17, 15) is 8.78 Å². The molecule has 0 spiro atoms. The molecule has 0 saturated heterocycles. The van der Waals surface area contributed by atoms with E-state index in [1.165, 1.54) is 12.1 Å². The summed E-state index contributed by atoms with van der Waals surface area (Å²) >= 11 is 5.79. The number of aliphatic hydroxyl groups is 1. The van der Waals surface area contributed by atoms with Gasteiger partial charge in [0, 0.05) is 5.02 Å². The van der Waals surface area contributed by atoms with Crippen molar-refractivity contribution < 1.29 is 13.9 Å². The fourth-order valence-electron chi connectivity index (χ4n) is 1.14. The molecule has 0 aromatic heterocycles. The van der Waals surface area contributed by atoms with Crippen LogP contribution in [-0.2, 0) is 0 Å². The van der Waals surface area contributed by atoms with Crippen LogP contribution in [0, 0.1) is 6.92 Å². The van der Waals surface area contributed by atoms with Crippen LogP contribution in [0.5, 0.6) is 0 Å². The van der Waals surface area contributed by atoms with Gasteiger partial charge < -0.3 is 10.8 Å². The van der Waals surface area contributed by atoms with Crippen molar-refractivity contribution in [1.29, 1.82) is 0 Å². The molecule has 0 aliphatic heterocycles. The van der Waals surface area contributed by atoms with E-state index in [1.807, 2.05) is 0 Å². The third-order valence-corrected chi connectivity index (χ3v) is 2.63. The number of hydrogen-bond donors (Lipinski definition) is 2. The summed E-state index contributed by atoms with van der Waals surface area (Å²) < 4.78 is 26.1. The summed E-state index contributed by atoms with van der Waals surface area (Å²) in [5.74, 6) is -3.33. The largest absolute Gasteiger partial charge is 0.390 e. The van der Waals surface area contributed by atoms with Gasteiger partial charge in [0.25, 0.3) is 5.92 Å². The number of benzene rings is 1. The summed E-state index contributed by atoms with van der Waals surface area (Å²) in [6.45, 7) is 0.488. The molecule has 15 heavy (non-hydrogen) atoms. The van der Waals surface area contributed by atoms with Gasteiger partial charge >= 0.3 is 0 Å². The molecule has 2 nitrogen and oxygen atoms in total. The maximum Gasteiger partial charge on any atom is 0.289 e. The van der Waals surface area contributed by atoms with Gasteiger partial charge in [-0.05, 0) is 24.1 Å². The number of nitrogens with two attached hydrogens (primary N) is 1. The lowest BCUT2D eigenvalue weighted by Crippen LogP contribution is -2.36. The molecule has 0 fully saturated rings. The number of aryl methyl sites for hydroxylation is 1. The first-order chi connectivity index (χ1) is 6.88. The van der Waals surface area contributed by atoms with Crippen LogP contribution in [-0.4, -0.2) is 17.6 Å². The third kappa shape index (κ3) is 2.65. The molecule has 0 amide bonds. The monoisotopic (exact) mass is 235 g/mol. The minimum atomic E-state index is -3.33. The van der Waals surface area contributed by atoms with Crippen LogP contribution in [0.3, 0.4) is 0 Å². The number of aliphatic hydroxyl groups excluding tert-OH is 1. The molecule has 0 aliphatic carbocycles. The smallest absolute Gasteiger partial charge is 0.289 e. The van der Waals surface area contributed by atoms with Crippen LogP contribution in [0.25, 0.3) is 0 Å². The predicted molar refractivity (Wildman–Crippen MR) is 55.2 cm³/mol. The van der Waals surface area contributed by atoms with E-state index in [2.05, 4.69) is 0 Å². The van der Waals surface area contributed by atoms with Gasteiger partial charge in [-0.1, -0.05) is 23.7 Å². The van der Waals surface area contributed by atoms with E-state index in [1.54, 1.807) is 13.0 Å². The first-order valence-corrected chi connectivity index (χ1v) is 4.76. The summed E-state index contributed by atoms with van der Waals surface area (Å²) in [6.07, 6.45) is 0. The Balaban J connectivity index is 3.02. The number of alkyl halides is 2. The van der Waals surface area contributed by atoms with Gasteiger partial charge in [0.15, 0.2) is 0 Å². The maximum atomic E-state index is 13.0. The van der Waals surface area contributed by atoms with Crippen molar-refractivity contribution >= 4 is 11.6 Å². The first kappa shape index (κ1) is 12.4. The van der Waals surface area contributed by atoms with Crippen molar-refractivity contribution in [3.05, 3.63) is 34.3 Å². The van der Waals surface area contributed by atoms with E-state index in [4.69, 9.17) is 22.4 Å². The van der Waals surface area contributed by atoms with Crippen molar-refractivity contribution in [2.45, 2.75) is 18.9 Å². The maximum absolute atomic E-state index is 13.0. The second kappa shape index (κ2) is 4.43. The highest BCUT2D eigenvalue weighted by molar-refractivity contribution is 6.31. The molecule has 1 atom stereocenters. The highest BCUT2D eigenvalue weighted by Crippen LogP contribution is 2.30. The Hall–Kier alpha value is -0.710. The first-order valence-electron chi connectivity index (χ1n) is 4.39. The fraction of sp³-hybridized carbons (Fsp3) is 0.400. The van der Waals surface area contributed by atoms with Crippen LogP contribution in [0.15, 0.2) is 18.2 Å². The molecule has 0 unspecified atom stereocenters. The minimum absolute atomic E-state index is 0.213. The van der Waals surface area contributed by atoms with Gasteiger partial charge in [0.1, 0.15) is 6.61 Å². The molecule has 0 saturated carbocycles. The summed E-state index contributed by atoms with van der Waals surface area (Å²) in [5, 5.41) is 8.87. The Labute approximate surface area is 91.7 Å². The average molecular weight is 236 g/mol. The zero-order valence-electron chi connectivity index (χ0n) is 8.17. The summed E-state index contributed by atoms with van der Waals surface area (Å²) in [4.78, 5) is 0. The van der Waals surface area contributed by atoms with E-state index in [0.29, 0.717) is 5.02 Å². The van der Waals surface area contributed by atoms with E-state index in [0.717, 1.165) is 5.56 Å². The Kier molecular flexibility index (Phi) is 3.65. The molecule has 3 N–H and O–H groups in total. The highest BCUT2D eigenvalue weighted by Gasteiger charge is 2.37. The van der Waals surface area contributed by atoms with Crippen molar-refractivity contribution in [3.8, 4) is 0 Å². The molecule has 1 aromatic rings. The van der Waals surface area contributed by atoms with Crippen LogP contribution in [0.1, 0.15) is 17.2 Å². The Morgan fingerprint density at radius 2 is 2.13 bits per heavy atom. The molecule has 0 aliphatic rings. The van der Waals surface area contributed by atoms with Gasteiger partial charge in [0.05, 0.1) is 6.04 Å². The van der Waals surface area contributed by atoms with E-state index >= 15 is 0 Å². The minimum Gasteiger partial charge on any atom is -0.390 e. The van der Waals surface area contributed by atoms with Gasteiger partial charge in [0.2, 0.25) is 0 Å². The van der Waals surface area contributed by atoms with Crippen LogP contribution in [0.2, 0.25) is 5.02 Å². The standard InChI is InChI=1S/C10H12ClF2NO/c1-6-2-3-7(4-8(6)11)9(14)10(12,13)5-15/h2-4,9,15H,5,14H2,1H3/t9-/m0/s1. The van der Waals surface area contributed by atoms with Crippen molar-refractivity contribution in [2.75, 3.05) is 6.61 Å². The zero-order chi connectivity index (χ0) is 11.6. The lowest BCUT2D eigenvalue weighted by Gasteiger charge is -2.22. The molecular weight excluding hydrogens is 224 g/mol. The Bertz CT molecular complexity index is 357. The van der Waals surface area contributed by atoms with Crippen molar-refractivity contribution in [3.63, 3.8) is 0 Å². The van der Waals surface area contributed by atoms with Crippen LogP contribution < -0.4 is 5.73 Å². The third-order valence-electron chi connectivity index (χ3n) is 2.22. The lowest BCUT2D eigenvalue weighted by molar-refractivity contribution is -0.0711. The second-order valence-corrected chi connectivity index (χ2v) is 3.81. The molecule has 0 bridgehead atoms. The fourth-order valence-corrected chi connectivity index (χ4v) is 1.33. The second-order valence-electron chi connectivity index (χ2n) is 3.41. The average Bonchev–Trinajstić information content (AvgIpc) is 2.21. The highest BCUT2D eigenvalue weighted by atomic mass is 35.5. The summed E-state index contributed by atoms with van der Waals surface area (Å²) in [7, 11) is 0. The lowest BCUT2D eigenvalue weighted by atomic mass is 10.0. The predicted octanol–water partition coefficient (Wildman–Crippen LogP) is 2.28. The molecular formula is C10H12ClF2NO. The zero-order valence-corrected chi connectivity index (χ0v) is 8.93. The summed E-state index contributed by atoms with van der Waals surface area (Å²) in [5.41, 5.74) is 6.34. The Morgan fingerprint density at radius 3 is 2.60 bits per heavy atom. The van der Waals surface area contributed by atoms with Crippen LogP contribution in [0.4, 0.5) is 8.78 Å². The number of hydrogen-bond acceptors (Lipinski definition) is 2. The molecule has 0 radical (unpaired) electrons. The van der Waals surface area contributed by atoms with Gasteiger partial charge in [-0.2, -0.15) is 0 Å². The summed E-state index contributed by atoms with van der Waals surface area (Å²) in [6, 6.07) is 2.95. The van der Waals surface area contributed by atoms with E-state index < -0.39 is 18.6 Å². The number of rotatable bonds is 3. The molecule has 84 valence electrons. The van der Waals surface area contributed by atoms with Gasteiger partial charge in [-0.25, -0.2) is 8.78 Å².